The number of aliphatic imine (C=N–C) groups is 1. The minimum absolute atomic E-state index is 0.0830. The van der Waals surface area contributed by atoms with E-state index in [9.17, 15) is 4.39 Å². The van der Waals surface area contributed by atoms with Crippen molar-refractivity contribution in [1.82, 2.24) is 4.90 Å². The Morgan fingerprint density at radius 1 is 1.33 bits per heavy atom. The van der Waals surface area contributed by atoms with Crippen LogP contribution in [-0.4, -0.2) is 29.9 Å². The van der Waals surface area contributed by atoms with E-state index in [0.29, 0.717) is 12.5 Å². The molecule has 1 aliphatic heterocycles. The van der Waals surface area contributed by atoms with Gasteiger partial charge >= 0.3 is 0 Å². The van der Waals surface area contributed by atoms with Crippen LogP contribution in [0.2, 0.25) is 0 Å². The monoisotopic (exact) mass is 249 g/mol. The molecule has 1 fully saturated rings. The number of guanidine groups is 2. The molecule has 1 saturated heterocycles. The highest BCUT2D eigenvalue weighted by molar-refractivity contribution is 5.91. The highest BCUT2D eigenvalue weighted by Crippen LogP contribution is 2.27. The summed E-state index contributed by atoms with van der Waals surface area (Å²) < 4.78 is 12.8. The van der Waals surface area contributed by atoms with Crippen molar-refractivity contribution < 1.29 is 4.39 Å². The normalized spacial score (nSPS) is 18.7. The van der Waals surface area contributed by atoms with Gasteiger partial charge in [-0.05, 0) is 24.1 Å². The fourth-order valence-corrected chi connectivity index (χ4v) is 2.15. The molecule has 1 aromatic rings. The number of hydrogen-bond acceptors (Lipinski definition) is 1. The SMILES string of the molecule is N=C(N=C(N)N)N1CC[C@H](c2ccc(F)cc2)C1. The fraction of sp³-hybridized carbons (Fsp3) is 0.333. The molecule has 0 saturated carbocycles. The Balaban J connectivity index is 2.02. The second kappa shape index (κ2) is 5.03. The van der Waals surface area contributed by atoms with E-state index in [0.717, 1.165) is 18.5 Å². The van der Waals surface area contributed by atoms with Gasteiger partial charge in [0.05, 0.1) is 0 Å². The smallest absolute Gasteiger partial charge is 0.221 e. The van der Waals surface area contributed by atoms with E-state index >= 15 is 0 Å². The van der Waals surface area contributed by atoms with Gasteiger partial charge in [-0.25, -0.2) is 4.39 Å². The predicted molar refractivity (Wildman–Crippen MR) is 68.9 cm³/mol. The zero-order chi connectivity index (χ0) is 13.1. The molecule has 18 heavy (non-hydrogen) atoms. The lowest BCUT2D eigenvalue weighted by atomic mass is 9.99. The molecule has 5 N–H and O–H groups in total. The number of nitrogens with one attached hydrogen (secondary N) is 1. The van der Waals surface area contributed by atoms with Crippen LogP contribution in [0.4, 0.5) is 4.39 Å². The molecule has 0 spiro atoms. The quantitative estimate of drug-likeness (QED) is 0.508. The van der Waals surface area contributed by atoms with Crippen molar-refractivity contribution in [3.05, 3.63) is 35.6 Å². The predicted octanol–water partition coefficient (Wildman–Crippen LogP) is 0.823. The van der Waals surface area contributed by atoms with Gasteiger partial charge in [-0.15, -0.1) is 0 Å². The Labute approximate surface area is 105 Å². The maximum atomic E-state index is 12.8. The number of rotatable bonds is 1. The van der Waals surface area contributed by atoms with Crippen LogP contribution in [-0.2, 0) is 0 Å². The van der Waals surface area contributed by atoms with Crippen molar-refractivity contribution in [1.29, 1.82) is 5.41 Å². The highest BCUT2D eigenvalue weighted by Gasteiger charge is 2.25. The standard InChI is InChI=1S/C12H16FN5/c13-10-3-1-8(2-4-10)9-5-6-18(7-9)12(16)17-11(14)15/h1-4,9H,5-7H2,(H5,14,15,16,17)/t9-/m0/s1. The molecule has 5 nitrogen and oxygen atoms in total. The Morgan fingerprint density at radius 2 is 2.00 bits per heavy atom. The molecule has 0 aromatic heterocycles. The summed E-state index contributed by atoms with van der Waals surface area (Å²) in [6, 6.07) is 6.49. The average Bonchev–Trinajstić information content (AvgIpc) is 2.78. The Morgan fingerprint density at radius 3 is 2.61 bits per heavy atom. The summed E-state index contributed by atoms with van der Waals surface area (Å²) in [5, 5.41) is 7.72. The molecular formula is C12H16FN5. The number of nitrogens with zero attached hydrogens (tertiary/aromatic N) is 2. The molecule has 0 bridgehead atoms. The van der Waals surface area contributed by atoms with Crippen molar-refractivity contribution in [3.8, 4) is 0 Å². The lowest BCUT2D eigenvalue weighted by Crippen LogP contribution is -2.31. The summed E-state index contributed by atoms with van der Waals surface area (Å²) in [6.45, 7) is 1.42. The minimum atomic E-state index is -0.234. The molecule has 0 amide bonds. The third kappa shape index (κ3) is 2.77. The molecule has 1 heterocycles. The zero-order valence-corrected chi connectivity index (χ0v) is 9.94. The first-order chi connectivity index (χ1) is 8.56. The minimum Gasteiger partial charge on any atom is -0.370 e. The molecule has 0 unspecified atom stereocenters. The van der Waals surface area contributed by atoms with Crippen LogP contribution in [0.25, 0.3) is 0 Å². The number of likely N-dealkylation sites (tertiary alicyclic amines) is 1. The lowest BCUT2D eigenvalue weighted by Gasteiger charge is -2.16. The van der Waals surface area contributed by atoms with Crippen LogP contribution in [0.15, 0.2) is 29.3 Å². The van der Waals surface area contributed by atoms with Crippen LogP contribution in [0, 0.1) is 11.2 Å². The first kappa shape index (κ1) is 12.3. The second-order valence-corrected chi connectivity index (χ2v) is 4.34. The molecule has 1 aromatic carbocycles. The summed E-state index contributed by atoms with van der Waals surface area (Å²) >= 11 is 0. The zero-order valence-electron chi connectivity index (χ0n) is 9.94. The summed E-state index contributed by atoms with van der Waals surface area (Å²) in [5.74, 6) is 0.0341. The van der Waals surface area contributed by atoms with Gasteiger partial charge in [-0.2, -0.15) is 4.99 Å². The molecule has 0 aliphatic carbocycles. The third-order valence-corrected chi connectivity index (χ3v) is 3.06. The molecule has 0 radical (unpaired) electrons. The Hall–Kier alpha value is -2.11. The second-order valence-electron chi connectivity index (χ2n) is 4.34. The summed E-state index contributed by atoms with van der Waals surface area (Å²) in [6.07, 6.45) is 0.911. The van der Waals surface area contributed by atoms with Crippen LogP contribution in [0.1, 0.15) is 17.9 Å². The van der Waals surface area contributed by atoms with Crippen molar-refractivity contribution in [2.45, 2.75) is 12.3 Å². The molecule has 1 atom stereocenters. The first-order valence-corrected chi connectivity index (χ1v) is 5.75. The van der Waals surface area contributed by atoms with Crippen LogP contribution in [0.5, 0.6) is 0 Å². The Kier molecular flexibility index (Phi) is 3.45. The molecule has 96 valence electrons. The third-order valence-electron chi connectivity index (χ3n) is 3.06. The molecule has 6 heteroatoms. The van der Waals surface area contributed by atoms with Gasteiger partial charge in [0.15, 0.2) is 5.96 Å². The number of benzene rings is 1. The fourth-order valence-electron chi connectivity index (χ4n) is 2.15. The average molecular weight is 249 g/mol. The Bertz CT molecular complexity index is 464. The molecule has 2 rings (SSSR count). The van der Waals surface area contributed by atoms with Crippen molar-refractivity contribution >= 4 is 11.9 Å². The number of halogens is 1. The summed E-state index contributed by atoms with van der Waals surface area (Å²) in [7, 11) is 0. The van der Waals surface area contributed by atoms with Gasteiger partial charge in [0.25, 0.3) is 0 Å². The summed E-state index contributed by atoms with van der Waals surface area (Å²) in [4.78, 5) is 5.54. The highest BCUT2D eigenvalue weighted by atomic mass is 19.1. The topological polar surface area (TPSA) is 91.5 Å². The van der Waals surface area contributed by atoms with E-state index in [2.05, 4.69) is 4.99 Å². The van der Waals surface area contributed by atoms with Crippen molar-refractivity contribution in [3.63, 3.8) is 0 Å². The van der Waals surface area contributed by atoms with Crippen LogP contribution < -0.4 is 11.5 Å². The first-order valence-electron chi connectivity index (χ1n) is 5.75. The van der Waals surface area contributed by atoms with E-state index < -0.39 is 0 Å². The maximum absolute atomic E-state index is 12.8. The van der Waals surface area contributed by atoms with Gasteiger partial charge < -0.3 is 16.4 Å². The maximum Gasteiger partial charge on any atom is 0.221 e. The van der Waals surface area contributed by atoms with Gasteiger partial charge in [0.1, 0.15) is 5.82 Å². The molecular weight excluding hydrogens is 233 g/mol. The lowest BCUT2D eigenvalue weighted by molar-refractivity contribution is 0.501. The number of hydrogen-bond donors (Lipinski definition) is 3. The van der Waals surface area contributed by atoms with E-state index in [1.807, 2.05) is 4.90 Å². The van der Waals surface area contributed by atoms with Crippen molar-refractivity contribution in [2.24, 2.45) is 16.5 Å². The van der Waals surface area contributed by atoms with E-state index in [-0.39, 0.29) is 17.7 Å². The van der Waals surface area contributed by atoms with Gasteiger partial charge in [-0.3, -0.25) is 5.41 Å². The van der Waals surface area contributed by atoms with Crippen LogP contribution >= 0.6 is 0 Å². The van der Waals surface area contributed by atoms with E-state index in [1.165, 1.54) is 12.1 Å². The summed E-state index contributed by atoms with van der Waals surface area (Å²) in [5.41, 5.74) is 11.6. The largest absolute Gasteiger partial charge is 0.370 e. The van der Waals surface area contributed by atoms with Gasteiger partial charge in [0.2, 0.25) is 5.96 Å². The number of nitrogens with two attached hydrogens (primary N) is 2. The van der Waals surface area contributed by atoms with E-state index in [4.69, 9.17) is 16.9 Å². The van der Waals surface area contributed by atoms with Crippen LogP contribution in [0.3, 0.4) is 0 Å². The van der Waals surface area contributed by atoms with Crippen molar-refractivity contribution in [2.75, 3.05) is 13.1 Å². The van der Waals surface area contributed by atoms with E-state index in [1.54, 1.807) is 12.1 Å². The molecule has 1 aliphatic rings. The van der Waals surface area contributed by atoms with Gasteiger partial charge in [-0.1, -0.05) is 12.1 Å². The van der Waals surface area contributed by atoms with Gasteiger partial charge in [0, 0.05) is 19.0 Å².